The number of aromatic nitrogens is 2. The summed E-state index contributed by atoms with van der Waals surface area (Å²) in [6.07, 6.45) is 1.58. The van der Waals surface area contributed by atoms with E-state index in [9.17, 15) is 4.79 Å². The first-order valence-corrected chi connectivity index (χ1v) is 6.35. The van der Waals surface area contributed by atoms with E-state index in [0.717, 1.165) is 0 Å². The Morgan fingerprint density at radius 2 is 2.05 bits per heavy atom. The highest BCUT2D eigenvalue weighted by Crippen LogP contribution is 2.27. The fraction of sp³-hybridized carbons (Fsp3) is 0.286. The van der Waals surface area contributed by atoms with E-state index in [1.165, 1.54) is 5.56 Å². The van der Waals surface area contributed by atoms with Crippen LogP contribution in [0.3, 0.4) is 0 Å². The number of hydrogen-bond acceptors (Lipinski definition) is 3. The molecule has 0 saturated carbocycles. The van der Waals surface area contributed by atoms with Gasteiger partial charge in [0, 0.05) is 31.2 Å². The van der Waals surface area contributed by atoms with Crippen molar-refractivity contribution in [2.45, 2.75) is 12.0 Å². The van der Waals surface area contributed by atoms with Crippen LogP contribution in [0.2, 0.25) is 0 Å². The molecule has 3 rings (SSSR count). The Hall–Kier alpha value is -2.14. The molecule has 1 aliphatic rings. The summed E-state index contributed by atoms with van der Waals surface area (Å²) in [5, 5.41) is 6.51. The molecule has 1 aromatic carbocycles. The van der Waals surface area contributed by atoms with Crippen LogP contribution in [-0.2, 0) is 0 Å². The van der Waals surface area contributed by atoms with E-state index in [2.05, 4.69) is 22.3 Å². The number of rotatable bonds is 2. The molecule has 1 amide bonds. The quantitative estimate of drug-likeness (QED) is 0.841. The number of likely N-dealkylation sites (tertiary alicyclic amines) is 1. The third kappa shape index (κ3) is 2.24. The summed E-state index contributed by atoms with van der Waals surface area (Å²) >= 11 is 0. The van der Waals surface area contributed by atoms with Gasteiger partial charge in [-0.25, -0.2) is 0 Å². The molecule has 2 aromatic rings. The standard InChI is InChI=1S/C14H16N4O/c15-12-9-18(14(19)13-6-7-16-17-13)8-11(12)10-4-2-1-3-5-10/h1-7,11-12H,8-9,15H2,(H,16,17)/t11-,12+/m0/s1. The van der Waals surface area contributed by atoms with Crippen molar-refractivity contribution in [3.8, 4) is 0 Å². The number of nitrogens with one attached hydrogen (secondary N) is 1. The van der Waals surface area contributed by atoms with Crippen LogP contribution in [0.15, 0.2) is 42.6 Å². The number of hydrogen-bond donors (Lipinski definition) is 2. The van der Waals surface area contributed by atoms with Gasteiger partial charge in [0.05, 0.1) is 0 Å². The molecular weight excluding hydrogens is 240 g/mol. The first-order chi connectivity index (χ1) is 9.25. The minimum Gasteiger partial charge on any atom is -0.335 e. The Bertz CT molecular complexity index is 552. The van der Waals surface area contributed by atoms with Crippen LogP contribution >= 0.6 is 0 Å². The van der Waals surface area contributed by atoms with E-state index in [1.54, 1.807) is 17.2 Å². The van der Waals surface area contributed by atoms with Gasteiger partial charge in [-0.05, 0) is 11.6 Å². The van der Waals surface area contributed by atoms with Crippen LogP contribution in [0.5, 0.6) is 0 Å². The molecule has 2 atom stereocenters. The first kappa shape index (κ1) is 11.9. The second-order valence-electron chi connectivity index (χ2n) is 4.86. The zero-order valence-corrected chi connectivity index (χ0v) is 10.5. The minimum absolute atomic E-state index is 0.0192. The second-order valence-corrected chi connectivity index (χ2v) is 4.86. The van der Waals surface area contributed by atoms with Gasteiger partial charge >= 0.3 is 0 Å². The highest BCUT2D eigenvalue weighted by atomic mass is 16.2. The van der Waals surface area contributed by atoms with E-state index < -0.39 is 0 Å². The summed E-state index contributed by atoms with van der Waals surface area (Å²) in [7, 11) is 0. The average molecular weight is 256 g/mol. The zero-order chi connectivity index (χ0) is 13.2. The molecule has 0 unspecified atom stereocenters. The molecule has 1 fully saturated rings. The number of carbonyl (C=O) groups excluding carboxylic acids is 1. The van der Waals surface area contributed by atoms with Gasteiger partial charge in [-0.3, -0.25) is 9.89 Å². The highest BCUT2D eigenvalue weighted by molar-refractivity contribution is 5.92. The summed E-state index contributed by atoms with van der Waals surface area (Å²) in [6.45, 7) is 1.24. The van der Waals surface area contributed by atoms with Crippen LogP contribution in [0.4, 0.5) is 0 Å². The Morgan fingerprint density at radius 1 is 1.26 bits per heavy atom. The van der Waals surface area contributed by atoms with Crippen molar-refractivity contribution in [2.24, 2.45) is 5.73 Å². The Morgan fingerprint density at radius 3 is 2.74 bits per heavy atom. The van der Waals surface area contributed by atoms with E-state index >= 15 is 0 Å². The zero-order valence-electron chi connectivity index (χ0n) is 10.5. The van der Waals surface area contributed by atoms with Crippen LogP contribution in [-0.4, -0.2) is 40.1 Å². The third-order valence-electron chi connectivity index (χ3n) is 3.61. The van der Waals surface area contributed by atoms with Crippen molar-refractivity contribution in [3.05, 3.63) is 53.9 Å². The number of benzene rings is 1. The first-order valence-electron chi connectivity index (χ1n) is 6.35. The summed E-state index contributed by atoms with van der Waals surface area (Å²) < 4.78 is 0. The molecule has 5 nitrogen and oxygen atoms in total. The predicted molar refractivity (Wildman–Crippen MR) is 71.6 cm³/mol. The van der Waals surface area contributed by atoms with Crippen molar-refractivity contribution in [1.82, 2.24) is 15.1 Å². The molecular formula is C14H16N4O. The number of H-pyrrole nitrogens is 1. The van der Waals surface area contributed by atoms with Gasteiger partial charge in [-0.15, -0.1) is 0 Å². The smallest absolute Gasteiger partial charge is 0.271 e. The number of amides is 1. The lowest BCUT2D eigenvalue weighted by atomic mass is 9.95. The summed E-state index contributed by atoms with van der Waals surface area (Å²) in [5.74, 6) is 0.166. The molecule has 19 heavy (non-hydrogen) atoms. The second kappa shape index (κ2) is 4.85. The Balaban J connectivity index is 1.77. The van der Waals surface area contributed by atoms with Crippen molar-refractivity contribution in [1.29, 1.82) is 0 Å². The van der Waals surface area contributed by atoms with Gasteiger partial charge < -0.3 is 10.6 Å². The molecule has 1 aliphatic heterocycles. The summed E-state index contributed by atoms with van der Waals surface area (Å²) in [4.78, 5) is 14.0. The lowest BCUT2D eigenvalue weighted by molar-refractivity contribution is 0.0783. The Kier molecular flexibility index (Phi) is 3.05. The number of nitrogens with two attached hydrogens (primary N) is 1. The lowest BCUT2D eigenvalue weighted by Gasteiger charge is -2.15. The highest BCUT2D eigenvalue weighted by Gasteiger charge is 2.34. The molecule has 0 spiro atoms. The van der Waals surface area contributed by atoms with Crippen molar-refractivity contribution in [3.63, 3.8) is 0 Å². The van der Waals surface area contributed by atoms with Gasteiger partial charge in [-0.1, -0.05) is 30.3 Å². The van der Waals surface area contributed by atoms with Gasteiger partial charge in [0.2, 0.25) is 0 Å². The fourth-order valence-electron chi connectivity index (χ4n) is 2.59. The fourth-order valence-corrected chi connectivity index (χ4v) is 2.59. The van der Waals surface area contributed by atoms with E-state index in [0.29, 0.717) is 18.8 Å². The SMILES string of the molecule is N[C@@H]1CN(C(=O)c2ccn[nH]2)C[C@H]1c1ccccc1. The third-order valence-corrected chi connectivity index (χ3v) is 3.61. The van der Waals surface area contributed by atoms with E-state index in [-0.39, 0.29) is 17.9 Å². The van der Waals surface area contributed by atoms with Crippen molar-refractivity contribution in [2.75, 3.05) is 13.1 Å². The topological polar surface area (TPSA) is 75.0 Å². The summed E-state index contributed by atoms with van der Waals surface area (Å²) in [5.41, 5.74) is 7.88. The van der Waals surface area contributed by atoms with Crippen LogP contribution in [0.25, 0.3) is 0 Å². The van der Waals surface area contributed by atoms with Gasteiger partial charge in [-0.2, -0.15) is 5.10 Å². The molecule has 2 heterocycles. The average Bonchev–Trinajstić information content (AvgIpc) is 3.08. The molecule has 0 aliphatic carbocycles. The van der Waals surface area contributed by atoms with Crippen LogP contribution in [0.1, 0.15) is 22.0 Å². The normalized spacial score (nSPS) is 22.7. The maximum atomic E-state index is 12.2. The molecule has 1 aromatic heterocycles. The van der Waals surface area contributed by atoms with Crippen LogP contribution in [0, 0.1) is 0 Å². The van der Waals surface area contributed by atoms with Gasteiger partial charge in [0.1, 0.15) is 5.69 Å². The lowest BCUT2D eigenvalue weighted by Crippen LogP contribution is -2.32. The monoisotopic (exact) mass is 256 g/mol. The molecule has 98 valence electrons. The minimum atomic E-state index is -0.0358. The van der Waals surface area contributed by atoms with E-state index in [1.807, 2.05) is 18.2 Å². The Labute approximate surface area is 111 Å². The maximum Gasteiger partial charge on any atom is 0.271 e. The van der Waals surface area contributed by atoms with E-state index in [4.69, 9.17) is 5.73 Å². The molecule has 0 bridgehead atoms. The largest absolute Gasteiger partial charge is 0.335 e. The molecule has 3 N–H and O–H groups in total. The van der Waals surface area contributed by atoms with Crippen molar-refractivity contribution >= 4 is 5.91 Å². The number of aromatic amines is 1. The predicted octanol–water partition coefficient (Wildman–Crippen LogP) is 0.977. The number of nitrogens with zero attached hydrogens (tertiary/aromatic N) is 2. The number of carbonyl (C=O) groups is 1. The van der Waals surface area contributed by atoms with Gasteiger partial charge in [0.25, 0.3) is 5.91 Å². The molecule has 5 heteroatoms. The molecule has 0 radical (unpaired) electrons. The van der Waals surface area contributed by atoms with Crippen molar-refractivity contribution < 1.29 is 4.79 Å². The maximum absolute atomic E-state index is 12.2. The summed E-state index contributed by atoms with van der Waals surface area (Å²) in [6, 6.07) is 11.8. The van der Waals surface area contributed by atoms with Gasteiger partial charge in [0.15, 0.2) is 0 Å². The molecule has 1 saturated heterocycles. The van der Waals surface area contributed by atoms with Crippen LogP contribution < -0.4 is 5.73 Å².